The van der Waals surface area contributed by atoms with Crippen molar-refractivity contribution in [2.75, 3.05) is 6.61 Å². The predicted molar refractivity (Wildman–Crippen MR) is 75.8 cm³/mol. The first-order chi connectivity index (χ1) is 10.2. The van der Waals surface area contributed by atoms with E-state index in [2.05, 4.69) is 4.98 Å². The second kappa shape index (κ2) is 5.46. The van der Waals surface area contributed by atoms with Crippen molar-refractivity contribution >= 4 is 11.8 Å². The number of hydrogen-bond acceptors (Lipinski definition) is 4. The number of aliphatic hydroxyl groups excluding tert-OH is 1. The van der Waals surface area contributed by atoms with E-state index < -0.39 is 11.9 Å². The van der Waals surface area contributed by atoms with Gasteiger partial charge in [-0.25, -0.2) is 0 Å². The summed E-state index contributed by atoms with van der Waals surface area (Å²) in [4.78, 5) is 29.7. The molecule has 3 rings (SSSR count). The molecular weight excluding hydrogens is 268 g/mol. The van der Waals surface area contributed by atoms with Crippen LogP contribution in [0.15, 0.2) is 48.8 Å². The van der Waals surface area contributed by atoms with Crippen LogP contribution in [0.1, 0.15) is 26.3 Å². The summed E-state index contributed by atoms with van der Waals surface area (Å²) in [6.07, 6.45) is 3.31. The number of hydrogen-bond donors (Lipinski definition) is 1. The molecule has 0 fully saturated rings. The monoisotopic (exact) mass is 282 g/mol. The molecule has 21 heavy (non-hydrogen) atoms. The van der Waals surface area contributed by atoms with Gasteiger partial charge in [0.1, 0.15) is 0 Å². The first-order valence-electron chi connectivity index (χ1n) is 6.69. The Kier molecular flexibility index (Phi) is 3.50. The summed E-state index contributed by atoms with van der Waals surface area (Å²) >= 11 is 0. The fourth-order valence-electron chi connectivity index (χ4n) is 2.56. The van der Waals surface area contributed by atoms with Crippen molar-refractivity contribution < 1.29 is 14.7 Å². The Morgan fingerprint density at radius 3 is 2.43 bits per heavy atom. The molecule has 5 nitrogen and oxygen atoms in total. The highest BCUT2D eigenvalue weighted by atomic mass is 16.3. The van der Waals surface area contributed by atoms with Crippen LogP contribution in [0.25, 0.3) is 0 Å². The number of imide groups is 1. The highest BCUT2D eigenvalue weighted by Gasteiger charge is 2.39. The first-order valence-corrected chi connectivity index (χ1v) is 6.69. The van der Waals surface area contributed by atoms with Gasteiger partial charge in [0.2, 0.25) is 0 Å². The third-order valence-electron chi connectivity index (χ3n) is 3.61. The van der Waals surface area contributed by atoms with Gasteiger partial charge in [-0.1, -0.05) is 30.3 Å². The molecule has 1 N–H and O–H groups in total. The Bertz CT molecular complexity index is 650. The number of carbonyl (C=O) groups is 2. The number of pyridine rings is 1. The molecule has 5 heteroatoms. The summed E-state index contributed by atoms with van der Waals surface area (Å²) in [5, 5.41) is 9.60. The molecule has 0 radical (unpaired) electrons. The number of nitrogens with zero attached hydrogens (tertiary/aromatic N) is 2. The lowest BCUT2D eigenvalue weighted by molar-refractivity contribution is 0.0516. The van der Waals surface area contributed by atoms with Gasteiger partial charge in [0.05, 0.1) is 23.8 Å². The number of aromatic nitrogens is 1. The molecule has 0 spiro atoms. The normalized spacial score (nSPS) is 15.2. The van der Waals surface area contributed by atoms with E-state index in [1.165, 1.54) is 18.5 Å². The van der Waals surface area contributed by atoms with Crippen LogP contribution in [0.5, 0.6) is 0 Å². The topological polar surface area (TPSA) is 70.5 Å². The lowest BCUT2D eigenvalue weighted by Crippen LogP contribution is -2.43. The maximum atomic E-state index is 12.4. The zero-order valence-corrected chi connectivity index (χ0v) is 11.3. The summed E-state index contributed by atoms with van der Waals surface area (Å²) < 4.78 is 0. The predicted octanol–water partition coefficient (Wildman–Crippen LogP) is 1.28. The molecule has 0 aliphatic carbocycles. The summed E-state index contributed by atoms with van der Waals surface area (Å²) in [5.41, 5.74) is 1.61. The Hall–Kier alpha value is -2.53. The molecule has 1 aliphatic rings. The quantitative estimate of drug-likeness (QED) is 0.858. The molecule has 1 aromatic carbocycles. The van der Waals surface area contributed by atoms with E-state index in [9.17, 15) is 14.7 Å². The van der Waals surface area contributed by atoms with Crippen molar-refractivity contribution in [2.24, 2.45) is 0 Å². The van der Waals surface area contributed by atoms with Crippen LogP contribution in [-0.4, -0.2) is 39.5 Å². The molecule has 0 saturated heterocycles. The van der Waals surface area contributed by atoms with E-state index in [0.29, 0.717) is 17.5 Å². The Balaban J connectivity index is 1.89. The largest absolute Gasteiger partial charge is 0.394 e. The van der Waals surface area contributed by atoms with E-state index in [0.717, 1.165) is 10.5 Å². The molecule has 0 unspecified atom stereocenters. The zero-order chi connectivity index (χ0) is 14.8. The molecule has 2 aromatic rings. The second-order valence-electron chi connectivity index (χ2n) is 4.93. The van der Waals surface area contributed by atoms with Gasteiger partial charge < -0.3 is 5.11 Å². The van der Waals surface area contributed by atoms with Crippen molar-refractivity contribution in [3.05, 3.63) is 65.5 Å². The highest BCUT2D eigenvalue weighted by molar-refractivity contribution is 6.21. The van der Waals surface area contributed by atoms with Gasteiger partial charge in [0.15, 0.2) is 0 Å². The van der Waals surface area contributed by atoms with Crippen molar-refractivity contribution in [3.63, 3.8) is 0 Å². The van der Waals surface area contributed by atoms with Gasteiger partial charge in [-0.2, -0.15) is 0 Å². The summed E-state index contributed by atoms with van der Waals surface area (Å²) in [6, 6.07) is 10.4. The SMILES string of the molecule is O=C1c2ccncc2C(=O)N1[C@H](CO)Cc1ccccc1. The molecule has 1 atom stereocenters. The first kappa shape index (κ1) is 13.5. The minimum absolute atomic E-state index is 0.270. The van der Waals surface area contributed by atoms with Crippen molar-refractivity contribution in [1.82, 2.24) is 9.88 Å². The summed E-state index contributed by atoms with van der Waals surface area (Å²) in [6.45, 7) is -0.270. The maximum absolute atomic E-state index is 12.4. The van der Waals surface area contributed by atoms with Gasteiger partial charge in [-0.3, -0.25) is 19.5 Å². The molecule has 106 valence electrons. The fourth-order valence-corrected chi connectivity index (χ4v) is 2.56. The van der Waals surface area contributed by atoms with Gasteiger partial charge in [0, 0.05) is 12.4 Å². The smallest absolute Gasteiger partial charge is 0.263 e. The number of rotatable bonds is 4. The van der Waals surface area contributed by atoms with E-state index in [1.807, 2.05) is 30.3 Å². The second-order valence-corrected chi connectivity index (χ2v) is 4.93. The van der Waals surface area contributed by atoms with Crippen LogP contribution in [0, 0.1) is 0 Å². The molecule has 0 saturated carbocycles. The molecule has 1 aromatic heterocycles. The van der Waals surface area contributed by atoms with Crippen LogP contribution in [0.4, 0.5) is 0 Å². The van der Waals surface area contributed by atoms with Gasteiger partial charge in [-0.15, -0.1) is 0 Å². The maximum Gasteiger partial charge on any atom is 0.263 e. The van der Waals surface area contributed by atoms with Crippen LogP contribution in [-0.2, 0) is 6.42 Å². The molecule has 0 bridgehead atoms. The summed E-state index contributed by atoms with van der Waals surface area (Å²) in [7, 11) is 0. The van der Waals surface area contributed by atoms with Crippen LogP contribution >= 0.6 is 0 Å². The number of aliphatic hydroxyl groups is 1. The molecule has 1 aliphatic heterocycles. The van der Waals surface area contributed by atoms with E-state index in [-0.39, 0.29) is 12.5 Å². The van der Waals surface area contributed by atoms with Crippen molar-refractivity contribution in [1.29, 1.82) is 0 Å². The average Bonchev–Trinajstić information content (AvgIpc) is 2.78. The average molecular weight is 282 g/mol. The number of fused-ring (bicyclic) bond motifs is 1. The Labute approximate surface area is 121 Å². The van der Waals surface area contributed by atoms with E-state index in [1.54, 1.807) is 0 Å². The Morgan fingerprint density at radius 1 is 1.05 bits per heavy atom. The van der Waals surface area contributed by atoms with E-state index in [4.69, 9.17) is 0 Å². The third kappa shape index (κ3) is 2.32. The lowest BCUT2D eigenvalue weighted by atomic mass is 10.1. The molecular formula is C16H14N2O3. The number of carbonyl (C=O) groups excluding carboxylic acids is 2. The number of amides is 2. The zero-order valence-electron chi connectivity index (χ0n) is 11.3. The minimum atomic E-state index is -0.570. The van der Waals surface area contributed by atoms with Crippen LogP contribution < -0.4 is 0 Å². The highest BCUT2D eigenvalue weighted by Crippen LogP contribution is 2.25. The molecule has 2 heterocycles. The minimum Gasteiger partial charge on any atom is -0.394 e. The van der Waals surface area contributed by atoms with Gasteiger partial charge in [-0.05, 0) is 18.1 Å². The lowest BCUT2D eigenvalue weighted by Gasteiger charge is -2.24. The molecule has 2 amide bonds. The van der Waals surface area contributed by atoms with Crippen molar-refractivity contribution in [3.8, 4) is 0 Å². The summed E-state index contributed by atoms with van der Waals surface area (Å²) in [5.74, 6) is -0.759. The van der Waals surface area contributed by atoms with Gasteiger partial charge in [0.25, 0.3) is 11.8 Å². The standard InChI is InChI=1S/C16H14N2O3/c19-10-12(8-11-4-2-1-3-5-11)18-15(20)13-6-7-17-9-14(13)16(18)21/h1-7,9,12,19H,8,10H2/t12-/m0/s1. The van der Waals surface area contributed by atoms with Gasteiger partial charge >= 0.3 is 0 Å². The fraction of sp³-hybridized carbons (Fsp3) is 0.188. The third-order valence-corrected chi connectivity index (χ3v) is 3.61. The Morgan fingerprint density at radius 2 is 1.76 bits per heavy atom. The van der Waals surface area contributed by atoms with E-state index >= 15 is 0 Å². The van der Waals surface area contributed by atoms with Crippen molar-refractivity contribution in [2.45, 2.75) is 12.5 Å². The number of benzene rings is 1. The van der Waals surface area contributed by atoms with Crippen LogP contribution in [0.3, 0.4) is 0 Å². The van der Waals surface area contributed by atoms with Crippen LogP contribution in [0.2, 0.25) is 0 Å².